The summed E-state index contributed by atoms with van der Waals surface area (Å²) >= 11 is 1.39. The Morgan fingerprint density at radius 2 is 1.91 bits per heavy atom. The number of amides is 1. The van der Waals surface area contributed by atoms with Crippen LogP contribution in [0.2, 0.25) is 0 Å². The average Bonchev–Trinajstić information content (AvgIpc) is 3.20. The largest absolute Gasteiger partial charge is 0.573 e. The molecular weight excluding hydrogens is 467 g/mol. The maximum Gasteiger partial charge on any atom is 0.573 e. The number of alkyl halides is 3. The van der Waals surface area contributed by atoms with Gasteiger partial charge in [0, 0.05) is 41.3 Å². The number of furan rings is 1. The number of hydrogen-bond acceptors (Lipinski definition) is 6. The van der Waals surface area contributed by atoms with Crippen molar-refractivity contribution in [2.45, 2.75) is 30.1 Å². The van der Waals surface area contributed by atoms with Gasteiger partial charge in [0.2, 0.25) is 0 Å². The van der Waals surface area contributed by atoms with E-state index in [1.165, 1.54) is 30.0 Å². The second kappa shape index (κ2) is 9.02. The lowest BCUT2D eigenvalue weighted by Gasteiger charge is -2.29. The van der Waals surface area contributed by atoms with Gasteiger partial charge in [-0.25, -0.2) is 9.97 Å². The molecular formula is C24H18F3N3O3S. The van der Waals surface area contributed by atoms with Crippen LogP contribution in [0.1, 0.15) is 28.1 Å². The molecule has 0 N–H and O–H groups in total. The van der Waals surface area contributed by atoms with E-state index in [1.807, 2.05) is 18.2 Å². The fraction of sp³-hybridized carbons (Fsp3) is 0.208. The summed E-state index contributed by atoms with van der Waals surface area (Å²) in [5.41, 5.74) is 2.48. The number of aryl methyl sites for hydroxylation is 1. The molecule has 1 aliphatic heterocycles. The van der Waals surface area contributed by atoms with Crippen molar-refractivity contribution in [1.82, 2.24) is 9.97 Å². The number of benzene rings is 2. The van der Waals surface area contributed by atoms with Crippen LogP contribution in [0.5, 0.6) is 5.75 Å². The van der Waals surface area contributed by atoms with Crippen LogP contribution in [0.3, 0.4) is 0 Å². The van der Waals surface area contributed by atoms with Crippen molar-refractivity contribution in [1.29, 1.82) is 0 Å². The number of para-hydroxylation sites is 1. The fourth-order valence-electron chi connectivity index (χ4n) is 4.02. The van der Waals surface area contributed by atoms with Crippen LogP contribution < -0.4 is 9.64 Å². The second-order valence-corrected chi connectivity index (χ2v) is 8.57. The van der Waals surface area contributed by atoms with E-state index >= 15 is 0 Å². The van der Waals surface area contributed by atoms with Crippen molar-refractivity contribution < 1.29 is 27.1 Å². The molecule has 1 amide bonds. The van der Waals surface area contributed by atoms with Gasteiger partial charge < -0.3 is 14.1 Å². The number of rotatable bonds is 5. The van der Waals surface area contributed by atoms with Crippen molar-refractivity contribution in [3.05, 3.63) is 77.8 Å². The Hall–Kier alpha value is -3.53. The zero-order chi connectivity index (χ0) is 23.7. The van der Waals surface area contributed by atoms with E-state index in [0.717, 1.165) is 10.9 Å². The maximum absolute atomic E-state index is 13.7. The molecule has 0 radical (unpaired) electrons. The van der Waals surface area contributed by atoms with Gasteiger partial charge in [0.05, 0.1) is 0 Å². The van der Waals surface area contributed by atoms with Crippen LogP contribution in [0.15, 0.2) is 70.5 Å². The predicted molar refractivity (Wildman–Crippen MR) is 121 cm³/mol. The normalized spacial score (nSPS) is 13.7. The smallest absolute Gasteiger partial charge is 0.451 e. The van der Waals surface area contributed by atoms with Gasteiger partial charge in [-0.05, 0) is 48.7 Å². The van der Waals surface area contributed by atoms with Crippen LogP contribution in [0.4, 0.5) is 18.9 Å². The van der Waals surface area contributed by atoms with Gasteiger partial charge in [-0.3, -0.25) is 4.79 Å². The summed E-state index contributed by atoms with van der Waals surface area (Å²) in [4.78, 5) is 23.7. The van der Waals surface area contributed by atoms with Gasteiger partial charge in [-0.1, -0.05) is 30.0 Å². The molecule has 0 atom stereocenters. The van der Waals surface area contributed by atoms with Gasteiger partial charge in [0.15, 0.2) is 10.9 Å². The Morgan fingerprint density at radius 3 is 2.71 bits per heavy atom. The number of hydrogen-bond donors (Lipinski definition) is 0. The van der Waals surface area contributed by atoms with E-state index in [-0.39, 0.29) is 17.4 Å². The lowest BCUT2D eigenvalue weighted by atomic mass is 10.0. The van der Waals surface area contributed by atoms with Crippen molar-refractivity contribution in [3.63, 3.8) is 0 Å². The number of aromatic nitrogens is 2. The highest BCUT2D eigenvalue weighted by Crippen LogP contribution is 2.36. The topological polar surface area (TPSA) is 68.5 Å². The third-order valence-electron chi connectivity index (χ3n) is 5.43. The first kappa shape index (κ1) is 22.3. The Morgan fingerprint density at radius 1 is 1.12 bits per heavy atom. The Balaban J connectivity index is 1.48. The summed E-state index contributed by atoms with van der Waals surface area (Å²) in [5.74, 6) is -0.0233. The van der Waals surface area contributed by atoms with E-state index in [9.17, 15) is 18.0 Å². The van der Waals surface area contributed by atoms with Gasteiger partial charge in [0.1, 0.15) is 11.3 Å². The molecule has 0 spiro atoms. The molecule has 6 nitrogen and oxygen atoms in total. The highest BCUT2D eigenvalue weighted by molar-refractivity contribution is 7.98. The van der Waals surface area contributed by atoms with E-state index in [4.69, 9.17) is 4.42 Å². The minimum atomic E-state index is -4.78. The van der Waals surface area contributed by atoms with E-state index in [2.05, 4.69) is 14.7 Å². The number of carbonyl (C=O) groups excluding carboxylic acids is 1. The summed E-state index contributed by atoms with van der Waals surface area (Å²) in [6, 6.07) is 13.2. The fourth-order valence-corrected chi connectivity index (χ4v) is 4.85. The Kier molecular flexibility index (Phi) is 5.91. The van der Waals surface area contributed by atoms with Crippen LogP contribution >= 0.6 is 11.8 Å². The molecule has 34 heavy (non-hydrogen) atoms. The van der Waals surface area contributed by atoms with Crippen LogP contribution in [-0.4, -0.2) is 28.8 Å². The predicted octanol–water partition coefficient (Wildman–Crippen LogP) is 6.01. The van der Waals surface area contributed by atoms with Gasteiger partial charge in [0.25, 0.3) is 5.91 Å². The number of carbonyl (C=O) groups is 1. The summed E-state index contributed by atoms with van der Waals surface area (Å²) in [5, 5.41) is 1.40. The van der Waals surface area contributed by atoms with Crippen LogP contribution in [-0.2, 0) is 12.2 Å². The molecule has 0 fully saturated rings. The number of anilines is 1. The van der Waals surface area contributed by atoms with E-state index in [0.29, 0.717) is 47.1 Å². The molecule has 0 unspecified atom stereocenters. The second-order valence-electron chi connectivity index (χ2n) is 7.62. The third-order valence-corrected chi connectivity index (χ3v) is 6.33. The number of halogens is 3. The molecule has 0 bridgehead atoms. The molecule has 0 aliphatic carbocycles. The lowest BCUT2D eigenvalue weighted by molar-refractivity contribution is -0.274. The van der Waals surface area contributed by atoms with Gasteiger partial charge >= 0.3 is 6.36 Å². The molecule has 0 saturated carbocycles. The zero-order valence-corrected chi connectivity index (χ0v) is 18.5. The molecule has 5 rings (SSSR count). The van der Waals surface area contributed by atoms with Gasteiger partial charge in [-0.15, -0.1) is 13.2 Å². The molecule has 4 aromatic rings. The number of ether oxygens (including phenoxy) is 1. The number of nitrogens with zero attached hydrogens (tertiary/aromatic N) is 3. The maximum atomic E-state index is 13.7. The molecule has 3 heterocycles. The molecule has 1 aliphatic rings. The van der Waals surface area contributed by atoms with Crippen LogP contribution in [0, 0.1) is 0 Å². The molecule has 174 valence electrons. The highest BCUT2D eigenvalue weighted by Gasteiger charge is 2.33. The first-order chi connectivity index (χ1) is 16.4. The minimum absolute atomic E-state index is 0.202. The van der Waals surface area contributed by atoms with Crippen molar-refractivity contribution >= 4 is 34.3 Å². The van der Waals surface area contributed by atoms with Crippen molar-refractivity contribution in [3.8, 4) is 5.75 Å². The first-order valence-corrected chi connectivity index (χ1v) is 11.5. The zero-order valence-electron chi connectivity index (χ0n) is 17.7. The Bertz CT molecular complexity index is 1340. The van der Waals surface area contributed by atoms with E-state index < -0.39 is 6.36 Å². The number of fused-ring (bicyclic) bond motifs is 2. The summed E-state index contributed by atoms with van der Waals surface area (Å²) < 4.78 is 47.9. The first-order valence-electron chi connectivity index (χ1n) is 10.5. The monoisotopic (exact) mass is 485 g/mol. The minimum Gasteiger partial charge on any atom is -0.451 e. The summed E-state index contributed by atoms with van der Waals surface area (Å²) in [6.07, 6.45) is -0.326. The Labute approximate surface area is 196 Å². The highest BCUT2D eigenvalue weighted by atomic mass is 32.2. The van der Waals surface area contributed by atoms with Gasteiger partial charge in [-0.2, -0.15) is 0 Å². The molecule has 0 saturated heterocycles. The van der Waals surface area contributed by atoms with Crippen molar-refractivity contribution in [2.24, 2.45) is 0 Å². The molecule has 2 aromatic carbocycles. The van der Waals surface area contributed by atoms with Crippen LogP contribution in [0.25, 0.3) is 11.0 Å². The summed E-state index contributed by atoms with van der Waals surface area (Å²) in [6.45, 7) is 0.427. The molecule has 2 aromatic heterocycles. The lowest BCUT2D eigenvalue weighted by Crippen LogP contribution is -2.35. The van der Waals surface area contributed by atoms with Crippen molar-refractivity contribution in [2.75, 3.05) is 11.4 Å². The summed E-state index contributed by atoms with van der Waals surface area (Å²) in [7, 11) is 0. The van der Waals surface area contributed by atoms with E-state index in [1.54, 1.807) is 29.4 Å². The standard InChI is InChI=1S/C24H18F3N3O3S/c25-24(26,27)33-16-8-9-19-15(13-16)5-3-12-30(19)22(31)21-18(14-34-23-28-10-4-11-29-23)17-6-1-2-7-20(17)32-21/h1-2,4,6-11,13H,3,5,12,14H2. The third kappa shape index (κ3) is 4.58. The average molecular weight is 485 g/mol. The SMILES string of the molecule is O=C(c1oc2ccccc2c1CSc1ncccn1)N1CCCc2cc(OC(F)(F)F)ccc21. The quantitative estimate of drug-likeness (QED) is 0.255. The number of thioether (sulfide) groups is 1. The molecule has 10 heteroatoms.